The van der Waals surface area contributed by atoms with E-state index < -0.39 is 5.97 Å². The predicted molar refractivity (Wildman–Crippen MR) is 76.8 cm³/mol. The van der Waals surface area contributed by atoms with Crippen molar-refractivity contribution in [3.8, 4) is 0 Å². The van der Waals surface area contributed by atoms with Gasteiger partial charge in [-0.2, -0.15) is 0 Å². The first-order valence-corrected chi connectivity index (χ1v) is 6.82. The normalized spacial score (nSPS) is 20.2. The molecule has 1 fully saturated rings. The van der Waals surface area contributed by atoms with Crippen molar-refractivity contribution in [2.75, 3.05) is 32.0 Å². The number of likely N-dealkylation sites (tertiary alicyclic amines) is 1. The van der Waals surface area contributed by atoms with Crippen molar-refractivity contribution >= 4 is 11.7 Å². The van der Waals surface area contributed by atoms with Gasteiger partial charge in [-0.05, 0) is 63.0 Å². The molecule has 1 atom stereocenters. The number of anilines is 1. The Morgan fingerprint density at radius 2 is 2.32 bits per heavy atom. The molecule has 2 rings (SSSR count). The number of hydrogen-bond donors (Lipinski definition) is 2. The average Bonchev–Trinajstić information content (AvgIpc) is 2.36. The first-order valence-electron chi connectivity index (χ1n) is 6.82. The van der Waals surface area contributed by atoms with Crippen LogP contribution in [0.15, 0.2) is 18.2 Å². The van der Waals surface area contributed by atoms with Gasteiger partial charge in [0.15, 0.2) is 0 Å². The summed E-state index contributed by atoms with van der Waals surface area (Å²) >= 11 is 0. The van der Waals surface area contributed by atoms with E-state index >= 15 is 0 Å². The molecule has 1 aliphatic rings. The first-order chi connectivity index (χ1) is 9.06. The molecule has 1 aliphatic heterocycles. The standard InChI is InChI=1S/C15H22N2O2/c1-11-8-13(5-6-14(11)15(18)19)16-9-12-4-3-7-17(2)10-12/h5-6,8,12,16H,3-4,7,9-10H2,1-2H3,(H,18,19). The Labute approximate surface area is 114 Å². The van der Waals surface area contributed by atoms with Crippen LogP contribution < -0.4 is 5.32 Å². The number of hydrogen-bond acceptors (Lipinski definition) is 3. The van der Waals surface area contributed by atoms with E-state index in [4.69, 9.17) is 5.11 Å². The lowest BCUT2D eigenvalue weighted by Gasteiger charge is -2.30. The van der Waals surface area contributed by atoms with Crippen LogP contribution in [-0.2, 0) is 0 Å². The summed E-state index contributed by atoms with van der Waals surface area (Å²) in [6.45, 7) is 5.13. The largest absolute Gasteiger partial charge is 0.478 e. The second-order valence-corrected chi connectivity index (χ2v) is 5.49. The molecule has 0 spiro atoms. The third-order valence-corrected chi connectivity index (χ3v) is 3.77. The summed E-state index contributed by atoms with van der Waals surface area (Å²) in [5.74, 6) is -0.184. The maximum Gasteiger partial charge on any atom is 0.335 e. The highest BCUT2D eigenvalue weighted by Gasteiger charge is 2.16. The summed E-state index contributed by atoms with van der Waals surface area (Å²) < 4.78 is 0. The predicted octanol–water partition coefficient (Wildman–Crippen LogP) is 2.45. The molecule has 104 valence electrons. The van der Waals surface area contributed by atoms with Gasteiger partial charge in [0.25, 0.3) is 0 Å². The monoisotopic (exact) mass is 262 g/mol. The molecule has 1 aromatic rings. The Morgan fingerprint density at radius 1 is 1.53 bits per heavy atom. The maximum absolute atomic E-state index is 10.9. The highest BCUT2D eigenvalue weighted by molar-refractivity contribution is 5.89. The number of piperidine rings is 1. The molecule has 1 unspecified atom stereocenters. The van der Waals surface area contributed by atoms with Crippen LogP contribution in [0, 0.1) is 12.8 Å². The third-order valence-electron chi connectivity index (χ3n) is 3.77. The number of carboxylic acid groups (broad SMARTS) is 1. The van der Waals surface area contributed by atoms with E-state index in [1.54, 1.807) is 6.07 Å². The van der Waals surface area contributed by atoms with Crippen LogP contribution in [0.25, 0.3) is 0 Å². The van der Waals surface area contributed by atoms with E-state index in [1.165, 1.54) is 19.4 Å². The number of carboxylic acids is 1. The zero-order valence-corrected chi connectivity index (χ0v) is 11.6. The molecule has 0 bridgehead atoms. The van der Waals surface area contributed by atoms with Crippen molar-refractivity contribution in [3.05, 3.63) is 29.3 Å². The molecule has 1 aromatic carbocycles. The van der Waals surface area contributed by atoms with Crippen LogP contribution in [0.5, 0.6) is 0 Å². The smallest absolute Gasteiger partial charge is 0.335 e. The lowest BCUT2D eigenvalue weighted by atomic mass is 9.98. The molecule has 4 heteroatoms. The van der Waals surface area contributed by atoms with Crippen molar-refractivity contribution in [2.45, 2.75) is 19.8 Å². The summed E-state index contributed by atoms with van der Waals surface area (Å²) in [6.07, 6.45) is 2.53. The van der Waals surface area contributed by atoms with Gasteiger partial charge in [0.2, 0.25) is 0 Å². The number of aromatic carboxylic acids is 1. The van der Waals surface area contributed by atoms with Crippen LogP contribution in [0.3, 0.4) is 0 Å². The van der Waals surface area contributed by atoms with Gasteiger partial charge in [-0.3, -0.25) is 0 Å². The fourth-order valence-corrected chi connectivity index (χ4v) is 2.72. The molecule has 0 radical (unpaired) electrons. The van der Waals surface area contributed by atoms with Crippen molar-refractivity contribution in [2.24, 2.45) is 5.92 Å². The summed E-state index contributed by atoms with van der Waals surface area (Å²) in [5, 5.41) is 12.4. The summed E-state index contributed by atoms with van der Waals surface area (Å²) in [4.78, 5) is 13.3. The van der Waals surface area contributed by atoms with Crippen molar-refractivity contribution in [1.82, 2.24) is 4.90 Å². The average molecular weight is 262 g/mol. The van der Waals surface area contributed by atoms with E-state index in [9.17, 15) is 4.79 Å². The molecular weight excluding hydrogens is 240 g/mol. The van der Waals surface area contributed by atoms with Crippen LogP contribution in [0.1, 0.15) is 28.8 Å². The van der Waals surface area contributed by atoms with E-state index in [0.29, 0.717) is 11.5 Å². The third kappa shape index (κ3) is 3.70. The van der Waals surface area contributed by atoms with E-state index in [-0.39, 0.29) is 0 Å². The molecule has 2 N–H and O–H groups in total. The highest BCUT2D eigenvalue weighted by atomic mass is 16.4. The molecule has 0 amide bonds. The number of rotatable bonds is 4. The van der Waals surface area contributed by atoms with Crippen molar-refractivity contribution in [3.63, 3.8) is 0 Å². The van der Waals surface area contributed by atoms with Gasteiger partial charge in [0.05, 0.1) is 5.56 Å². The van der Waals surface area contributed by atoms with Gasteiger partial charge in [0.1, 0.15) is 0 Å². The van der Waals surface area contributed by atoms with Crippen LogP contribution in [0.2, 0.25) is 0 Å². The summed E-state index contributed by atoms with van der Waals surface area (Å²) in [5.41, 5.74) is 2.19. The minimum absolute atomic E-state index is 0.378. The van der Waals surface area contributed by atoms with Crippen LogP contribution in [-0.4, -0.2) is 42.7 Å². The topological polar surface area (TPSA) is 52.6 Å². The fraction of sp³-hybridized carbons (Fsp3) is 0.533. The number of nitrogens with one attached hydrogen (secondary N) is 1. The number of benzene rings is 1. The minimum atomic E-state index is -0.863. The number of carbonyl (C=O) groups is 1. The van der Waals surface area contributed by atoms with Gasteiger partial charge < -0.3 is 15.3 Å². The second kappa shape index (κ2) is 6.06. The maximum atomic E-state index is 10.9. The molecule has 4 nitrogen and oxygen atoms in total. The fourth-order valence-electron chi connectivity index (χ4n) is 2.72. The molecule has 0 aliphatic carbocycles. The quantitative estimate of drug-likeness (QED) is 0.875. The van der Waals surface area contributed by atoms with Crippen LogP contribution >= 0.6 is 0 Å². The first kappa shape index (κ1) is 13.9. The molecule has 0 aromatic heterocycles. The number of nitrogens with zero attached hydrogens (tertiary/aromatic N) is 1. The molecule has 0 saturated carbocycles. The molecule has 1 heterocycles. The van der Waals surface area contributed by atoms with Gasteiger partial charge in [-0.25, -0.2) is 4.79 Å². The van der Waals surface area contributed by atoms with Gasteiger partial charge in [0, 0.05) is 18.8 Å². The summed E-state index contributed by atoms with van der Waals surface area (Å²) in [6, 6.07) is 5.44. The number of aryl methyl sites for hydroxylation is 1. The Hall–Kier alpha value is -1.55. The van der Waals surface area contributed by atoms with Gasteiger partial charge in [-0.15, -0.1) is 0 Å². The van der Waals surface area contributed by atoms with E-state index in [1.807, 2.05) is 19.1 Å². The van der Waals surface area contributed by atoms with E-state index in [0.717, 1.165) is 24.3 Å². The van der Waals surface area contributed by atoms with Crippen LogP contribution in [0.4, 0.5) is 5.69 Å². The van der Waals surface area contributed by atoms with Crippen molar-refractivity contribution < 1.29 is 9.90 Å². The Balaban J connectivity index is 1.92. The lowest BCUT2D eigenvalue weighted by Crippen LogP contribution is -2.35. The zero-order chi connectivity index (χ0) is 13.8. The Bertz CT molecular complexity index is 459. The molecule has 1 saturated heterocycles. The second-order valence-electron chi connectivity index (χ2n) is 5.49. The van der Waals surface area contributed by atoms with Gasteiger partial charge in [-0.1, -0.05) is 0 Å². The van der Waals surface area contributed by atoms with E-state index in [2.05, 4.69) is 17.3 Å². The van der Waals surface area contributed by atoms with Gasteiger partial charge >= 0.3 is 5.97 Å². The van der Waals surface area contributed by atoms with Crippen molar-refractivity contribution in [1.29, 1.82) is 0 Å². The minimum Gasteiger partial charge on any atom is -0.478 e. The zero-order valence-electron chi connectivity index (χ0n) is 11.6. The SMILES string of the molecule is Cc1cc(NCC2CCCN(C)C2)ccc1C(=O)O. The Morgan fingerprint density at radius 3 is 2.95 bits per heavy atom. The lowest BCUT2D eigenvalue weighted by molar-refractivity contribution is 0.0696. The molecule has 19 heavy (non-hydrogen) atoms. The molecular formula is C15H22N2O2. The highest BCUT2D eigenvalue weighted by Crippen LogP contribution is 2.18. The Kier molecular flexibility index (Phi) is 4.43. The summed E-state index contributed by atoms with van der Waals surface area (Å²) in [7, 11) is 2.16.